The number of hydrogen-bond donors (Lipinski definition) is 1. The highest BCUT2D eigenvalue weighted by molar-refractivity contribution is 7.80. The van der Waals surface area contributed by atoms with Crippen molar-refractivity contribution in [2.45, 2.75) is 13.1 Å². The van der Waals surface area contributed by atoms with E-state index in [0.29, 0.717) is 18.2 Å². The van der Waals surface area contributed by atoms with Crippen LogP contribution in [-0.4, -0.2) is 31.2 Å². The Labute approximate surface area is 157 Å². The molecule has 0 unspecified atom stereocenters. The number of nitrogens with one attached hydrogen (secondary N) is 1. The van der Waals surface area contributed by atoms with E-state index in [-0.39, 0.29) is 0 Å². The number of pyridine rings is 3. The molecule has 3 aromatic heterocycles. The van der Waals surface area contributed by atoms with Crippen molar-refractivity contribution in [3.63, 3.8) is 0 Å². The fourth-order valence-corrected chi connectivity index (χ4v) is 2.43. The van der Waals surface area contributed by atoms with Gasteiger partial charge in [0.05, 0.1) is 36.4 Å². The Hall–Kier alpha value is -3.19. The maximum absolute atomic E-state index is 5.51. The molecule has 3 rings (SSSR count). The molecule has 3 heterocycles. The largest absolute Gasteiger partial charge is 0.336 e. The van der Waals surface area contributed by atoms with E-state index in [1.54, 1.807) is 24.8 Å². The molecule has 26 heavy (non-hydrogen) atoms. The molecule has 0 fully saturated rings. The predicted molar refractivity (Wildman–Crippen MR) is 105 cm³/mol. The molecule has 0 amide bonds. The first-order valence-electron chi connectivity index (χ1n) is 8.10. The van der Waals surface area contributed by atoms with Crippen molar-refractivity contribution in [2.75, 3.05) is 0 Å². The zero-order chi connectivity index (χ0) is 18.0. The van der Waals surface area contributed by atoms with Crippen molar-refractivity contribution in [3.05, 3.63) is 90.3 Å². The average molecular weight is 362 g/mol. The second-order valence-corrected chi connectivity index (χ2v) is 5.81. The summed E-state index contributed by atoms with van der Waals surface area (Å²) in [5.74, 6) is 0. The van der Waals surface area contributed by atoms with Crippen LogP contribution in [0, 0.1) is 0 Å². The molecule has 130 valence electrons. The number of aromatic nitrogens is 3. The van der Waals surface area contributed by atoms with Gasteiger partial charge in [0.1, 0.15) is 0 Å². The lowest BCUT2D eigenvalue weighted by molar-refractivity contribution is 0.390. The number of rotatable bonds is 6. The molecule has 0 saturated heterocycles. The molecule has 0 aliphatic heterocycles. The zero-order valence-electron chi connectivity index (χ0n) is 14.1. The van der Waals surface area contributed by atoms with Gasteiger partial charge in [0, 0.05) is 18.6 Å². The third-order valence-electron chi connectivity index (χ3n) is 3.49. The summed E-state index contributed by atoms with van der Waals surface area (Å²) >= 11 is 5.51. The van der Waals surface area contributed by atoms with E-state index in [4.69, 9.17) is 12.2 Å². The molecule has 0 aliphatic carbocycles. The van der Waals surface area contributed by atoms with Crippen molar-refractivity contribution < 1.29 is 0 Å². The van der Waals surface area contributed by atoms with E-state index >= 15 is 0 Å². The molecule has 0 aliphatic rings. The Bertz CT molecular complexity index is 798. The molecule has 0 aromatic carbocycles. The van der Waals surface area contributed by atoms with E-state index in [9.17, 15) is 0 Å². The van der Waals surface area contributed by atoms with Gasteiger partial charge in [-0.25, -0.2) is 0 Å². The van der Waals surface area contributed by atoms with Gasteiger partial charge < -0.3 is 4.90 Å². The summed E-state index contributed by atoms with van der Waals surface area (Å²) in [6, 6.07) is 17.2. The SMILES string of the molecule is S=C(N/N=C\c1ccccn1)N(Cc1ccccn1)Cc1ccccn1. The van der Waals surface area contributed by atoms with Crippen molar-refractivity contribution in [1.82, 2.24) is 25.3 Å². The van der Waals surface area contributed by atoms with Crippen molar-refractivity contribution in [1.29, 1.82) is 0 Å². The van der Waals surface area contributed by atoms with Gasteiger partial charge in [-0.2, -0.15) is 5.10 Å². The lowest BCUT2D eigenvalue weighted by Crippen LogP contribution is -2.37. The Morgan fingerprint density at radius 3 is 1.96 bits per heavy atom. The van der Waals surface area contributed by atoms with Crippen LogP contribution in [0.4, 0.5) is 0 Å². The molecule has 0 bridgehead atoms. The molecule has 7 heteroatoms. The predicted octanol–water partition coefficient (Wildman–Crippen LogP) is 2.78. The number of hydrazone groups is 1. The summed E-state index contributed by atoms with van der Waals surface area (Å²) in [6.07, 6.45) is 6.88. The van der Waals surface area contributed by atoms with Crippen LogP contribution in [0.5, 0.6) is 0 Å². The average Bonchev–Trinajstić information content (AvgIpc) is 2.70. The Kier molecular flexibility index (Phi) is 6.33. The van der Waals surface area contributed by atoms with Crippen LogP contribution in [0.3, 0.4) is 0 Å². The van der Waals surface area contributed by atoms with Crippen LogP contribution in [0.1, 0.15) is 17.1 Å². The number of nitrogens with zero attached hydrogens (tertiary/aromatic N) is 5. The maximum Gasteiger partial charge on any atom is 0.190 e. The molecular formula is C19H18N6S. The summed E-state index contributed by atoms with van der Waals surface area (Å²) in [7, 11) is 0. The van der Waals surface area contributed by atoms with Gasteiger partial charge in [0.2, 0.25) is 0 Å². The highest BCUT2D eigenvalue weighted by atomic mass is 32.1. The first kappa shape index (κ1) is 17.6. The molecule has 0 atom stereocenters. The van der Waals surface area contributed by atoms with Crippen LogP contribution in [0.2, 0.25) is 0 Å². The maximum atomic E-state index is 5.51. The molecule has 0 saturated carbocycles. The van der Waals surface area contributed by atoms with Crippen LogP contribution >= 0.6 is 12.2 Å². The van der Waals surface area contributed by atoms with E-state index in [1.165, 1.54) is 0 Å². The minimum absolute atomic E-state index is 0.494. The van der Waals surface area contributed by atoms with Gasteiger partial charge in [-0.05, 0) is 48.6 Å². The Morgan fingerprint density at radius 2 is 1.46 bits per heavy atom. The molecule has 3 aromatic rings. The van der Waals surface area contributed by atoms with Gasteiger partial charge >= 0.3 is 0 Å². The number of thiocarbonyl (C=S) groups is 1. The highest BCUT2D eigenvalue weighted by Gasteiger charge is 2.12. The fraction of sp³-hybridized carbons (Fsp3) is 0.105. The van der Waals surface area contributed by atoms with E-state index in [0.717, 1.165) is 17.1 Å². The molecule has 1 N–H and O–H groups in total. The minimum Gasteiger partial charge on any atom is -0.336 e. The smallest absolute Gasteiger partial charge is 0.190 e. The molecule has 6 nitrogen and oxygen atoms in total. The van der Waals surface area contributed by atoms with Crippen LogP contribution in [-0.2, 0) is 13.1 Å². The molecule has 0 spiro atoms. The summed E-state index contributed by atoms with van der Waals surface area (Å²) in [4.78, 5) is 14.9. The zero-order valence-corrected chi connectivity index (χ0v) is 14.9. The van der Waals surface area contributed by atoms with Gasteiger partial charge in [-0.15, -0.1) is 0 Å². The van der Waals surface area contributed by atoms with Crippen LogP contribution < -0.4 is 5.43 Å². The van der Waals surface area contributed by atoms with Gasteiger partial charge in [0.15, 0.2) is 5.11 Å². The second-order valence-electron chi connectivity index (χ2n) is 5.43. The first-order valence-corrected chi connectivity index (χ1v) is 8.51. The van der Waals surface area contributed by atoms with Crippen LogP contribution in [0.15, 0.2) is 78.3 Å². The summed E-state index contributed by atoms with van der Waals surface area (Å²) in [6.45, 7) is 1.12. The lowest BCUT2D eigenvalue weighted by atomic mass is 10.3. The van der Waals surface area contributed by atoms with E-state index < -0.39 is 0 Å². The molecule has 0 radical (unpaired) electrons. The monoisotopic (exact) mass is 362 g/mol. The quantitative estimate of drug-likeness (QED) is 0.413. The van der Waals surface area contributed by atoms with Gasteiger partial charge in [-0.1, -0.05) is 18.2 Å². The number of hydrogen-bond acceptors (Lipinski definition) is 5. The summed E-state index contributed by atoms with van der Waals surface area (Å²) in [5, 5.41) is 4.68. The van der Waals surface area contributed by atoms with Gasteiger partial charge in [0.25, 0.3) is 0 Å². The first-order chi connectivity index (χ1) is 12.8. The topological polar surface area (TPSA) is 66.3 Å². The van der Waals surface area contributed by atoms with Crippen molar-refractivity contribution >= 4 is 23.5 Å². The minimum atomic E-state index is 0.494. The summed E-state index contributed by atoms with van der Waals surface area (Å²) in [5.41, 5.74) is 5.49. The summed E-state index contributed by atoms with van der Waals surface area (Å²) < 4.78 is 0. The molecular weight excluding hydrogens is 344 g/mol. The van der Waals surface area contributed by atoms with Crippen LogP contribution in [0.25, 0.3) is 0 Å². The fourth-order valence-electron chi connectivity index (χ4n) is 2.25. The second kappa shape index (κ2) is 9.33. The van der Waals surface area contributed by atoms with E-state index in [1.807, 2.05) is 59.5 Å². The van der Waals surface area contributed by atoms with E-state index in [2.05, 4.69) is 25.5 Å². The Morgan fingerprint density at radius 1 is 0.885 bits per heavy atom. The van der Waals surface area contributed by atoms with Crippen molar-refractivity contribution in [2.24, 2.45) is 5.10 Å². The lowest BCUT2D eigenvalue weighted by Gasteiger charge is -2.23. The van der Waals surface area contributed by atoms with Crippen molar-refractivity contribution in [3.8, 4) is 0 Å². The highest BCUT2D eigenvalue weighted by Crippen LogP contribution is 2.07. The third kappa shape index (κ3) is 5.42. The van der Waals surface area contributed by atoms with Gasteiger partial charge in [-0.3, -0.25) is 20.4 Å². The standard InChI is InChI=1S/C19H18N6S/c26-19(24-23-13-16-7-1-4-10-20-16)25(14-17-8-2-5-11-21-17)15-18-9-3-6-12-22-18/h1-13H,14-15H2,(H,24,26)/b23-13-. The Balaban J connectivity index is 1.69. The third-order valence-corrected chi connectivity index (χ3v) is 3.84. The normalized spacial score (nSPS) is 10.6.